The van der Waals surface area contributed by atoms with Crippen LogP contribution in [-0.2, 0) is 9.59 Å². The topological polar surface area (TPSA) is 89.9 Å². The summed E-state index contributed by atoms with van der Waals surface area (Å²) >= 11 is 1.63. The van der Waals surface area contributed by atoms with Crippen LogP contribution in [0.2, 0.25) is 0 Å². The van der Waals surface area contributed by atoms with Gasteiger partial charge in [-0.05, 0) is 58.8 Å². The molecule has 0 aliphatic carbocycles. The first-order chi connectivity index (χ1) is 16.0. The molecule has 172 valence electrons. The van der Waals surface area contributed by atoms with Gasteiger partial charge in [-0.3, -0.25) is 9.59 Å². The van der Waals surface area contributed by atoms with Crippen molar-refractivity contribution in [1.82, 2.24) is 10.2 Å². The van der Waals surface area contributed by atoms with Crippen molar-refractivity contribution in [1.29, 1.82) is 0 Å². The summed E-state index contributed by atoms with van der Waals surface area (Å²) in [7, 11) is 0. The highest BCUT2D eigenvalue weighted by molar-refractivity contribution is 7.08. The van der Waals surface area contributed by atoms with Gasteiger partial charge >= 0.3 is 0 Å². The molecule has 3 aromatic rings. The highest BCUT2D eigenvalue weighted by Gasteiger charge is 2.38. The van der Waals surface area contributed by atoms with Gasteiger partial charge in [0.2, 0.25) is 0 Å². The number of carbonyl (C=O) groups is 2. The zero-order valence-corrected chi connectivity index (χ0v) is 19.2. The van der Waals surface area contributed by atoms with Crippen molar-refractivity contribution in [2.24, 2.45) is 0 Å². The molecular weight excluding hydrogens is 436 g/mol. The molecule has 1 aliphatic rings. The van der Waals surface area contributed by atoms with Crippen LogP contribution in [-0.4, -0.2) is 45.7 Å². The van der Waals surface area contributed by atoms with E-state index in [2.05, 4.69) is 10.7 Å². The minimum absolute atomic E-state index is 0.163. The fourth-order valence-corrected chi connectivity index (χ4v) is 4.94. The number of hydrogen-bond donors (Lipinski definition) is 3. The number of thiophene rings is 1. The second kappa shape index (κ2) is 10.3. The number of carbonyl (C=O) groups excluding carboxylic acids is 2. The molecule has 0 bridgehead atoms. The quantitative estimate of drug-likeness (QED) is 0.498. The lowest BCUT2D eigenvalue weighted by molar-refractivity contribution is -0.154. The van der Waals surface area contributed by atoms with E-state index in [-0.39, 0.29) is 6.04 Å². The third-order valence-electron chi connectivity index (χ3n) is 6.16. The second-order valence-corrected chi connectivity index (χ2v) is 9.13. The van der Waals surface area contributed by atoms with Gasteiger partial charge in [0.25, 0.3) is 11.8 Å². The summed E-state index contributed by atoms with van der Waals surface area (Å²) < 4.78 is 0. The van der Waals surface area contributed by atoms with Gasteiger partial charge < -0.3 is 20.4 Å². The first kappa shape index (κ1) is 23.2. The summed E-state index contributed by atoms with van der Waals surface area (Å²) in [4.78, 5) is 27.1. The zero-order chi connectivity index (χ0) is 23.4. The molecule has 7 heteroatoms. The molecule has 0 spiro atoms. The van der Waals surface area contributed by atoms with E-state index >= 15 is 0 Å². The lowest BCUT2D eigenvalue weighted by Gasteiger charge is -2.29. The van der Waals surface area contributed by atoms with Crippen LogP contribution in [0.3, 0.4) is 0 Å². The van der Waals surface area contributed by atoms with E-state index < -0.39 is 30.1 Å². The molecule has 2 heterocycles. The summed E-state index contributed by atoms with van der Waals surface area (Å²) in [6, 6.07) is 18.9. The Morgan fingerprint density at radius 3 is 2.39 bits per heavy atom. The molecule has 33 heavy (non-hydrogen) atoms. The van der Waals surface area contributed by atoms with Crippen LogP contribution in [0.5, 0.6) is 0 Å². The number of likely N-dealkylation sites (tertiary alicyclic amines) is 1. The maximum Gasteiger partial charge on any atom is 0.255 e. The van der Waals surface area contributed by atoms with E-state index in [9.17, 15) is 19.8 Å². The van der Waals surface area contributed by atoms with Crippen LogP contribution >= 0.6 is 11.3 Å². The maximum atomic E-state index is 12.9. The molecule has 1 aliphatic heterocycles. The molecule has 2 aromatic carbocycles. The Labute approximate surface area is 197 Å². The van der Waals surface area contributed by atoms with Crippen LogP contribution in [0.4, 0.5) is 0 Å². The van der Waals surface area contributed by atoms with Gasteiger partial charge in [-0.25, -0.2) is 0 Å². The van der Waals surface area contributed by atoms with Crippen molar-refractivity contribution in [3.63, 3.8) is 0 Å². The smallest absolute Gasteiger partial charge is 0.255 e. The number of hydrogen-bond acceptors (Lipinski definition) is 5. The third-order valence-corrected chi connectivity index (χ3v) is 6.85. The Bertz CT molecular complexity index is 1070. The van der Waals surface area contributed by atoms with Gasteiger partial charge in [-0.2, -0.15) is 11.3 Å². The molecular formula is C26H28N2O4S. The summed E-state index contributed by atoms with van der Waals surface area (Å²) in [5.41, 5.74) is 4.06. The van der Waals surface area contributed by atoms with Crippen LogP contribution in [0.15, 0.2) is 71.4 Å². The van der Waals surface area contributed by atoms with Crippen molar-refractivity contribution in [3.8, 4) is 11.1 Å². The largest absolute Gasteiger partial charge is 0.380 e. The van der Waals surface area contributed by atoms with Crippen molar-refractivity contribution < 1.29 is 19.8 Å². The van der Waals surface area contributed by atoms with Crippen molar-refractivity contribution >= 4 is 23.2 Å². The van der Waals surface area contributed by atoms with Crippen LogP contribution < -0.4 is 5.32 Å². The molecule has 3 N–H and O–H groups in total. The highest BCUT2D eigenvalue weighted by atomic mass is 32.1. The predicted molar refractivity (Wildman–Crippen MR) is 128 cm³/mol. The summed E-state index contributed by atoms with van der Waals surface area (Å²) in [6.45, 7) is 2.28. The summed E-state index contributed by atoms with van der Waals surface area (Å²) in [6.07, 6.45) is -2.08. The number of aliphatic hydroxyl groups is 2. The first-order valence-corrected chi connectivity index (χ1v) is 12.0. The molecule has 4 rings (SSSR count). The minimum atomic E-state index is -1.85. The molecule has 1 aromatic heterocycles. The molecule has 6 nitrogen and oxygen atoms in total. The predicted octanol–water partition coefficient (Wildman–Crippen LogP) is 3.68. The fraction of sp³-hybridized carbons (Fsp3) is 0.308. The van der Waals surface area contributed by atoms with Gasteiger partial charge in [-0.15, -0.1) is 0 Å². The Morgan fingerprint density at radius 2 is 1.73 bits per heavy atom. The standard InChI is InChI=1S/C26H28N2O4S/c1-17(18-9-11-19(12-10-18)21-13-15-33-16-21)27-25(31)23(29)24(30)26(32)28-14-5-8-22(28)20-6-3-2-4-7-20/h2-4,6-7,9-13,15-17,22-24,29-30H,5,8,14H2,1H3,(H,27,31)/t17-,22-,23-,24-/m1/s1. The highest BCUT2D eigenvalue weighted by Crippen LogP contribution is 2.32. The number of benzene rings is 2. The van der Waals surface area contributed by atoms with E-state index in [1.807, 2.05) is 66.0 Å². The van der Waals surface area contributed by atoms with E-state index in [4.69, 9.17) is 0 Å². The monoisotopic (exact) mass is 464 g/mol. The van der Waals surface area contributed by atoms with Crippen LogP contribution in [0.1, 0.15) is 43.0 Å². The van der Waals surface area contributed by atoms with Gasteiger partial charge in [0.15, 0.2) is 12.2 Å². The van der Waals surface area contributed by atoms with Gasteiger partial charge in [0.05, 0.1) is 12.1 Å². The molecule has 2 amide bonds. The number of aliphatic hydroxyl groups excluding tert-OH is 2. The average Bonchev–Trinajstić information content (AvgIpc) is 3.56. The number of nitrogens with zero attached hydrogens (tertiary/aromatic N) is 1. The number of nitrogens with one attached hydrogen (secondary N) is 1. The fourth-order valence-electron chi connectivity index (χ4n) is 4.28. The van der Waals surface area contributed by atoms with E-state index in [1.54, 1.807) is 23.2 Å². The lowest BCUT2D eigenvalue weighted by Crippen LogP contribution is -2.50. The van der Waals surface area contributed by atoms with E-state index in [0.29, 0.717) is 6.54 Å². The minimum Gasteiger partial charge on any atom is -0.380 e. The lowest BCUT2D eigenvalue weighted by atomic mass is 10.0. The van der Waals surface area contributed by atoms with Crippen molar-refractivity contribution in [2.75, 3.05) is 6.54 Å². The first-order valence-electron chi connectivity index (χ1n) is 11.1. The van der Waals surface area contributed by atoms with Crippen LogP contribution in [0.25, 0.3) is 11.1 Å². The molecule has 4 atom stereocenters. The zero-order valence-electron chi connectivity index (χ0n) is 18.4. The summed E-state index contributed by atoms with van der Waals surface area (Å²) in [5, 5.41) is 27.7. The average molecular weight is 465 g/mol. The maximum absolute atomic E-state index is 12.9. The molecule has 0 saturated carbocycles. The molecule has 1 fully saturated rings. The second-order valence-electron chi connectivity index (χ2n) is 8.35. The SMILES string of the molecule is C[C@@H](NC(=O)[C@H](O)[C@@H](O)C(=O)N1CCC[C@@H]1c1ccccc1)c1ccc(-c2ccsc2)cc1. The number of amides is 2. The van der Waals surface area contributed by atoms with Crippen LogP contribution in [0, 0.1) is 0 Å². The van der Waals surface area contributed by atoms with Crippen molar-refractivity contribution in [3.05, 3.63) is 82.6 Å². The summed E-state index contributed by atoms with van der Waals surface area (Å²) in [5.74, 6) is -1.41. The Balaban J connectivity index is 1.37. The molecule has 0 unspecified atom stereocenters. The number of rotatable bonds is 7. The molecule has 0 radical (unpaired) electrons. The molecule has 1 saturated heterocycles. The van der Waals surface area contributed by atoms with Gasteiger partial charge in [0.1, 0.15) is 0 Å². The Morgan fingerprint density at radius 1 is 1.00 bits per heavy atom. The van der Waals surface area contributed by atoms with Gasteiger partial charge in [-0.1, -0.05) is 54.6 Å². The third kappa shape index (κ3) is 5.16. The Hall–Kier alpha value is -3.00. The van der Waals surface area contributed by atoms with Crippen molar-refractivity contribution in [2.45, 2.75) is 44.1 Å². The van der Waals surface area contributed by atoms with E-state index in [0.717, 1.165) is 35.1 Å². The normalized spacial score (nSPS) is 18.5. The van der Waals surface area contributed by atoms with E-state index in [1.165, 1.54) is 0 Å². The van der Waals surface area contributed by atoms with Gasteiger partial charge in [0, 0.05) is 6.54 Å². The Kier molecular flexibility index (Phi) is 7.23.